The smallest absolute Gasteiger partial charge is 0.261 e. The number of hydrogen-bond donors (Lipinski definition) is 1. The van der Waals surface area contributed by atoms with Gasteiger partial charge in [-0.2, -0.15) is 0 Å². The maximum Gasteiger partial charge on any atom is 0.261 e. The van der Waals surface area contributed by atoms with Crippen LogP contribution in [0.15, 0.2) is 9.85 Å². The van der Waals surface area contributed by atoms with E-state index in [0.29, 0.717) is 5.41 Å². The van der Waals surface area contributed by atoms with Crippen LogP contribution < -0.4 is 5.32 Å². The van der Waals surface area contributed by atoms with Crippen LogP contribution in [0.4, 0.5) is 0 Å². The molecule has 1 heterocycles. The van der Waals surface area contributed by atoms with E-state index in [1.54, 1.807) is 0 Å². The van der Waals surface area contributed by atoms with Gasteiger partial charge in [-0.15, -0.1) is 11.3 Å². The van der Waals surface area contributed by atoms with Gasteiger partial charge in [0.15, 0.2) is 0 Å². The van der Waals surface area contributed by atoms with Crippen molar-refractivity contribution in [2.45, 2.75) is 46.0 Å². The van der Waals surface area contributed by atoms with Gasteiger partial charge in [-0.1, -0.05) is 26.2 Å². The van der Waals surface area contributed by atoms with Crippen molar-refractivity contribution in [3.63, 3.8) is 0 Å². The Labute approximate surface area is 121 Å². The third-order valence-electron chi connectivity index (χ3n) is 3.82. The molecule has 18 heavy (non-hydrogen) atoms. The molecule has 1 aromatic rings. The van der Waals surface area contributed by atoms with Crippen LogP contribution in [0.1, 0.15) is 54.3 Å². The van der Waals surface area contributed by atoms with E-state index in [4.69, 9.17) is 0 Å². The standard InChI is InChI=1S/C14H20BrNOS/c1-10-8-11(18-12(10)15)13(17)16-9-14(2)6-4-3-5-7-14/h8H,3-7,9H2,1-2H3,(H,16,17). The lowest BCUT2D eigenvalue weighted by molar-refractivity contribution is 0.0923. The maximum atomic E-state index is 12.1. The zero-order valence-electron chi connectivity index (χ0n) is 11.0. The van der Waals surface area contributed by atoms with Crippen LogP contribution in [0.3, 0.4) is 0 Å². The van der Waals surface area contributed by atoms with Crippen LogP contribution in [0.2, 0.25) is 0 Å². The topological polar surface area (TPSA) is 29.1 Å². The molecule has 0 aliphatic heterocycles. The maximum absolute atomic E-state index is 12.1. The van der Waals surface area contributed by atoms with Crippen molar-refractivity contribution < 1.29 is 4.79 Å². The Balaban J connectivity index is 1.91. The Morgan fingerprint density at radius 3 is 2.67 bits per heavy atom. The predicted molar refractivity (Wildman–Crippen MR) is 80.3 cm³/mol. The number of thiophene rings is 1. The second kappa shape index (κ2) is 5.74. The van der Waals surface area contributed by atoms with E-state index in [9.17, 15) is 4.79 Å². The fourth-order valence-corrected chi connectivity index (χ4v) is 3.99. The molecular weight excluding hydrogens is 310 g/mol. The van der Waals surface area contributed by atoms with Crippen LogP contribution in [-0.2, 0) is 0 Å². The molecule has 1 aliphatic carbocycles. The summed E-state index contributed by atoms with van der Waals surface area (Å²) in [6.07, 6.45) is 6.42. The van der Waals surface area contributed by atoms with E-state index in [0.717, 1.165) is 20.8 Å². The van der Waals surface area contributed by atoms with Gasteiger partial charge >= 0.3 is 0 Å². The third kappa shape index (κ3) is 3.35. The summed E-state index contributed by atoms with van der Waals surface area (Å²) in [6, 6.07) is 1.95. The molecular formula is C14H20BrNOS. The lowest BCUT2D eigenvalue weighted by Crippen LogP contribution is -2.36. The summed E-state index contributed by atoms with van der Waals surface area (Å²) in [6.45, 7) is 5.11. The van der Waals surface area contributed by atoms with Crippen molar-refractivity contribution in [2.24, 2.45) is 5.41 Å². The fourth-order valence-electron chi connectivity index (χ4n) is 2.53. The molecule has 0 spiro atoms. The molecule has 1 amide bonds. The first-order chi connectivity index (χ1) is 8.50. The minimum atomic E-state index is 0.0700. The van der Waals surface area contributed by atoms with Crippen molar-refractivity contribution in [1.82, 2.24) is 5.32 Å². The second-order valence-corrected chi connectivity index (χ2v) is 7.99. The summed E-state index contributed by atoms with van der Waals surface area (Å²) in [7, 11) is 0. The van der Waals surface area contributed by atoms with Gasteiger partial charge in [-0.25, -0.2) is 0 Å². The molecule has 1 aromatic heterocycles. The quantitative estimate of drug-likeness (QED) is 0.867. The third-order valence-corrected chi connectivity index (χ3v) is 5.95. The first kappa shape index (κ1) is 14.1. The Kier molecular flexibility index (Phi) is 4.49. The van der Waals surface area contributed by atoms with Gasteiger partial charge in [-0.3, -0.25) is 4.79 Å². The Hall–Kier alpha value is -0.350. The number of aryl methyl sites for hydroxylation is 1. The zero-order valence-corrected chi connectivity index (χ0v) is 13.4. The first-order valence-corrected chi connectivity index (χ1v) is 8.15. The number of carbonyl (C=O) groups excluding carboxylic acids is 1. The molecule has 2 nitrogen and oxygen atoms in total. The summed E-state index contributed by atoms with van der Waals surface area (Å²) >= 11 is 4.97. The average Bonchev–Trinajstić information content (AvgIpc) is 2.68. The van der Waals surface area contributed by atoms with E-state index in [2.05, 4.69) is 28.2 Å². The molecule has 0 unspecified atom stereocenters. The van der Waals surface area contributed by atoms with Crippen molar-refractivity contribution in [3.8, 4) is 0 Å². The molecule has 1 aliphatic rings. The minimum absolute atomic E-state index is 0.0700. The van der Waals surface area contributed by atoms with Crippen LogP contribution >= 0.6 is 27.3 Å². The van der Waals surface area contributed by atoms with E-state index in [-0.39, 0.29) is 5.91 Å². The predicted octanol–water partition coefficient (Wildman–Crippen LogP) is 4.52. The monoisotopic (exact) mass is 329 g/mol. The average molecular weight is 330 g/mol. The highest BCUT2D eigenvalue weighted by Crippen LogP contribution is 2.35. The molecule has 0 radical (unpaired) electrons. The van der Waals surface area contributed by atoms with Gasteiger partial charge in [-0.05, 0) is 52.7 Å². The zero-order chi connectivity index (χ0) is 13.2. The molecule has 2 rings (SSSR count). The molecule has 0 saturated heterocycles. The number of carbonyl (C=O) groups is 1. The fraction of sp³-hybridized carbons (Fsp3) is 0.643. The van der Waals surface area contributed by atoms with Crippen molar-refractivity contribution in [1.29, 1.82) is 0 Å². The lowest BCUT2D eigenvalue weighted by Gasteiger charge is -2.33. The normalized spacial score (nSPS) is 18.6. The second-order valence-electron chi connectivity index (χ2n) is 5.62. The lowest BCUT2D eigenvalue weighted by atomic mass is 9.76. The Morgan fingerprint density at radius 1 is 1.44 bits per heavy atom. The summed E-state index contributed by atoms with van der Waals surface area (Å²) in [5.74, 6) is 0.0700. The molecule has 1 fully saturated rings. The number of amides is 1. The summed E-state index contributed by atoms with van der Waals surface area (Å²) < 4.78 is 1.05. The van der Waals surface area contributed by atoms with E-state index >= 15 is 0 Å². The van der Waals surface area contributed by atoms with Gasteiger partial charge in [0.2, 0.25) is 0 Å². The first-order valence-electron chi connectivity index (χ1n) is 6.54. The van der Waals surface area contributed by atoms with E-state index in [1.165, 1.54) is 43.4 Å². The summed E-state index contributed by atoms with van der Waals surface area (Å²) in [5, 5.41) is 3.10. The largest absolute Gasteiger partial charge is 0.351 e. The molecule has 0 aromatic carbocycles. The highest BCUT2D eigenvalue weighted by Gasteiger charge is 2.27. The molecule has 0 bridgehead atoms. The van der Waals surface area contributed by atoms with Gasteiger partial charge < -0.3 is 5.32 Å². The van der Waals surface area contributed by atoms with Crippen LogP contribution in [-0.4, -0.2) is 12.5 Å². The molecule has 1 saturated carbocycles. The molecule has 1 N–H and O–H groups in total. The summed E-state index contributed by atoms with van der Waals surface area (Å²) in [4.78, 5) is 12.9. The Morgan fingerprint density at radius 2 is 2.11 bits per heavy atom. The summed E-state index contributed by atoms with van der Waals surface area (Å²) in [5.41, 5.74) is 1.44. The highest BCUT2D eigenvalue weighted by molar-refractivity contribution is 9.11. The van der Waals surface area contributed by atoms with Gasteiger partial charge in [0.25, 0.3) is 5.91 Å². The van der Waals surface area contributed by atoms with Gasteiger partial charge in [0.1, 0.15) is 0 Å². The number of hydrogen-bond acceptors (Lipinski definition) is 2. The Bertz CT molecular complexity index is 416. The van der Waals surface area contributed by atoms with Crippen molar-refractivity contribution >= 4 is 33.2 Å². The van der Waals surface area contributed by atoms with Gasteiger partial charge in [0.05, 0.1) is 8.66 Å². The number of halogens is 1. The van der Waals surface area contributed by atoms with E-state index in [1.807, 2.05) is 13.0 Å². The molecule has 4 heteroatoms. The van der Waals surface area contributed by atoms with Crippen molar-refractivity contribution in [3.05, 3.63) is 20.3 Å². The molecule has 100 valence electrons. The van der Waals surface area contributed by atoms with Crippen molar-refractivity contribution in [2.75, 3.05) is 6.54 Å². The van der Waals surface area contributed by atoms with Crippen LogP contribution in [0.5, 0.6) is 0 Å². The number of rotatable bonds is 3. The highest BCUT2D eigenvalue weighted by atomic mass is 79.9. The minimum Gasteiger partial charge on any atom is -0.351 e. The SMILES string of the molecule is Cc1cc(C(=O)NCC2(C)CCCCC2)sc1Br. The van der Waals surface area contributed by atoms with Gasteiger partial charge in [0, 0.05) is 6.54 Å². The molecule has 0 atom stereocenters. The number of nitrogens with one attached hydrogen (secondary N) is 1. The van der Waals surface area contributed by atoms with Crippen LogP contribution in [0.25, 0.3) is 0 Å². The van der Waals surface area contributed by atoms with Crippen LogP contribution in [0, 0.1) is 12.3 Å². The van der Waals surface area contributed by atoms with E-state index < -0.39 is 0 Å².